The minimum Gasteiger partial charge on any atom is -0.348 e. The van der Waals surface area contributed by atoms with Gasteiger partial charge in [0.05, 0.1) is 6.20 Å². The molecule has 1 saturated heterocycles. The summed E-state index contributed by atoms with van der Waals surface area (Å²) in [4.78, 5) is 33.4. The molecule has 0 aliphatic carbocycles. The van der Waals surface area contributed by atoms with Gasteiger partial charge >= 0.3 is 6.03 Å². The molecule has 2 rings (SSSR count). The molecule has 2 heterocycles. The minimum absolute atomic E-state index is 0.0180. The molecule has 0 atom stereocenters. The van der Waals surface area contributed by atoms with Crippen molar-refractivity contribution in [2.45, 2.75) is 32.2 Å². The maximum atomic E-state index is 12.0. The van der Waals surface area contributed by atoms with Gasteiger partial charge in [0.25, 0.3) is 5.91 Å². The van der Waals surface area contributed by atoms with Crippen molar-refractivity contribution < 1.29 is 9.59 Å². The summed E-state index contributed by atoms with van der Waals surface area (Å²) >= 11 is 0. The van der Waals surface area contributed by atoms with Gasteiger partial charge in [0.15, 0.2) is 0 Å². The zero-order chi connectivity index (χ0) is 15.1. The predicted octanol–water partition coefficient (Wildman–Crippen LogP) is 0.790. The molecule has 1 aliphatic rings. The van der Waals surface area contributed by atoms with E-state index in [4.69, 9.17) is 0 Å². The van der Waals surface area contributed by atoms with Gasteiger partial charge in [-0.1, -0.05) is 6.92 Å². The molecule has 0 spiro atoms. The highest BCUT2D eigenvalue weighted by atomic mass is 16.2. The molecule has 114 valence electrons. The second-order valence-corrected chi connectivity index (χ2v) is 5.06. The van der Waals surface area contributed by atoms with Crippen molar-refractivity contribution in [1.29, 1.82) is 0 Å². The van der Waals surface area contributed by atoms with Crippen LogP contribution in [0.4, 0.5) is 4.79 Å². The summed E-state index contributed by atoms with van der Waals surface area (Å²) < 4.78 is 0. The van der Waals surface area contributed by atoms with Crippen molar-refractivity contribution in [3.63, 3.8) is 0 Å². The zero-order valence-corrected chi connectivity index (χ0v) is 12.2. The number of nitrogens with one attached hydrogen (secondary N) is 2. The van der Waals surface area contributed by atoms with Crippen LogP contribution in [0.2, 0.25) is 0 Å². The molecule has 1 aromatic rings. The number of rotatable bonds is 4. The third-order valence-corrected chi connectivity index (χ3v) is 3.44. The topological polar surface area (TPSA) is 87.2 Å². The van der Waals surface area contributed by atoms with E-state index in [0.717, 1.165) is 19.3 Å². The van der Waals surface area contributed by atoms with Crippen molar-refractivity contribution in [2.24, 2.45) is 0 Å². The summed E-state index contributed by atoms with van der Waals surface area (Å²) in [5.41, 5.74) is 0.320. The lowest BCUT2D eigenvalue weighted by atomic mass is 10.1. The molecule has 1 fully saturated rings. The Morgan fingerprint density at radius 1 is 1.33 bits per heavy atom. The maximum absolute atomic E-state index is 12.0. The summed E-state index contributed by atoms with van der Waals surface area (Å²) in [6.07, 6.45) is 6.91. The molecule has 21 heavy (non-hydrogen) atoms. The van der Waals surface area contributed by atoms with Crippen LogP contribution in [0.15, 0.2) is 18.6 Å². The number of hydrogen-bond acceptors (Lipinski definition) is 4. The van der Waals surface area contributed by atoms with Crippen LogP contribution in [0.5, 0.6) is 0 Å². The van der Waals surface area contributed by atoms with Gasteiger partial charge in [-0.15, -0.1) is 0 Å². The smallest absolute Gasteiger partial charge is 0.317 e. The highest BCUT2D eigenvalue weighted by molar-refractivity contribution is 5.92. The van der Waals surface area contributed by atoms with E-state index in [1.165, 1.54) is 18.6 Å². The van der Waals surface area contributed by atoms with E-state index < -0.39 is 0 Å². The van der Waals surface area contributed by atoms with E-state index >= 15 is 0 Å². The third kappa shape index (κ3) is 4.40. The fourth-order valence-electron chi connectivity index (χ4n) is 2.25. The Labute approximate surface area is 124 Å². The van der Waals surface area contributed by atoms with Crippen molar-refractivity contribution in [3.8, 4) is 0 Å². The normalized spacial score (nSPS) is 15.6. The molecule has 7 nitrogen and oxygen atoms in total. The molecular formula is C14H21N5O2. The Morgan fingerprint density at radius 2 is 2.10 bits per heavy atom. The van der Waals surface area contributed by atoms with Gasteiger partial charge in [-0.25, -0.2) is 9.78 Å². The van der Waals surface area contributed by atoms with Crippen molar-refractivity contribution in [1.82, 2.24) is 25.5 Å². The minimum atomic E-state index is -0.211. The molecular weight excluding hydrogens is 270 g/mol. The molecule has 0 radical (unpaired) electrons. The SMILES string of the molecule is CCCNC(=O)N1CCC(NC(=O)c2cnccn2)CC1. The van der Waals surface area contributed by atoms with Gasteiger partial charge in [0, 0.05) is 38.1 Å². The Kier molecular flexibility index (Phi) is 5.48. The number of carbonyl (C=O) groups excluding carboxylic acids is 2. The number of piperidine rings is 1. The number of amides is 3. The third-order valence-electron chi connectivity index (χ3n) is 3.44. The van der Waals surface area contributed by atoms with Gasteiger partial charge in [-0.05, 0) is 19.3 Å². The van der Waals surface area contributed by atoms with Gasteiger partial charge in [-0.3, -0.25) is 9.78 Å². The quantitative estimate of drug-likeness (QED) is 0.858. The Balaban J connectivity index is 1.77. The molecule has 1 aromatic heterocycles. The lowest BCUT2D eigenvalue weighted by Gasteiger charge is -2.32. The van der Waals surface area contributed by atoms with E-state index in [9.17, 15) is 9.59 Å². The van der Waals surface area contributed by atoms with Crippen LogP contribution in [0, 0.1) is 0 Å². The molecule has 7 heteroatoms. The molecule has 0 bridgehead atoms. The fraction of sp³-hybridized carbons (Fsp3) is 0.571. The van der Waals surface area contributed by atoms with Crippen molar-refractivity contribution >= 4 is 11.9 Å². The molecule has 0 saturated carbocycles. The fourth-order valence-corrected chi connectivity index (χ4v) is 2.25. The second-order valence-electron chi connectivity index (χ2n) is 5.06. The largest absolute Gasteiger partial charge is 0.348 e. The van der Waals surface area contributed by atoms with Crippen LogP contribution in [0.3, 0.4) is 0 Å². The lowest BCUT2D eigenvalue weighted by molar-refractivity contribution is 0.0912. The molecule has 2 N–H and O–H groups in total. The van der Waals surface area contributed by atoms with Crippen molar-refractivity contribution in [2.75, 3.05) is 19.6 Å². The highest BCUT2D eigenvalue weighted by Crippen LogP contribution is 2.11. The van der Waals surface area contributed by atoms with Gasteiger partial charge < -0.3 is 15.5 Å². The first-order valence-electron chi connectivity index (χ1n) is 7.30. The number of likely N-dealkylation sites (tertiary alicyclic amines) is 1. The van der Waals surface area contributed by atoms with E-state index in [-0.39, 0.29) is 18.0 Å². The van der Waals surface area contributed by atoms with Gasteiger partial charge in [0.2, 0.25) is 0 Å². The predicted molar refractivity (Wildman–Crippen MR) is 77.8 cm³/mol. The number of aromatic nitrogens is 2. The van der Waals surface area contributed by atoms with Crippen LogP contribution in [0.25, 0.3) is 0 Å². The summed E-state index contributed by atoms with van der Waals surface area (Å²) in [6, 6.07) is 0.0604. The monoisotopic (exact) mass is 291 g/mol. The Bertz CT molecular complexity index is 472. The van der Waals surface area contributed by atoms with E-state index in [1.807, 2.05) is 6.92 Å². The second kappa shape index (κ2) is 7.56. The number of nitrogens with zero attached hydrogens (tertiary/aromatic N) is 3. The van der Waals surface area contributed by atoms with Crippen LogP contribution in [-0.4, -0.2) is 52.5 Å². The highest BCUT2D eigenvalue weighted by Gasteiger charge is 2.24. The Hall–Kier alpha value is -2.18. The standard InChI is InChI=1S/C14H21N5O2/c1-2-5-17-14(21)19-8-3-11(4-9-19)18-13(20)12-10-15-6-7-16-12/h6-7,10-11H,2-5,8-9H2,1H3,(H,17,21)(H,18,20). The summed E-state index contributed by atoms with van der Waals surface area (Å²) in [5, 5.41) is 5.80. The lowest BCUT2D eigenvalue weighted by Crippen LogP contribution is -2.49. The van der Waals surface area contributed by atoms with Crippen LogP contribution in [-0.2, 0) is 0 Å². The van der Waals surface area contributed by atoms with E-state index in [0.29, 0.717) is 25.3 Å². The average Bonchev–Trinajstić information content (AvgIpc) is 2.54. The molecule has 0 unspecified atom stereocenters. The molecule has 1 aliphatic heterocycles. The maximum Gasteiger partial charge on any atom is 0.317 e. The summed E-state index contributed by atoms with van der Waals surface area (Å²) in [6.45, 7) is 4.03. The van der Waals surface area contributed by atoms with Crippen LogP contribution >= 0.6 is 0 Å². The number of urea groups is 1. The average molecular weight is 291 g/mol. The number of hydrogen-bond donors (Lipinski definition) is 2. The van der Waals surface area contributed by atoms with Crippen LogP contribution in [0.1, 0.15) is 36.7 Å². The first-order chi connectivity index (χ1) is 10.2. The van der Waals surface area contributed by atoms with E-state index in [2.05, 4.69) is 20.6 Å². The summed E-state index contributed by atoms with van der Waals surface area (Å²) in [5.74, 6) is -0.211. The zero-order valence-electron chi connectivity index (χ0n) is 12.2. The van der Waals surface area contributed by atoms with Crippen molar-refractivity contribution in [3.05, 3.63) is 24.3 Å². The first-order valence-corrected chi connectivity index (χ1v) is 7.30. The summed E-state index contributed by atoms with van der Waals surface area (Å²) in [7, 11) is 0. The Morgan fingerprint density at radius 3 is 2.71 bits per heavy atom. The first kappa shape index (κ1) is 15.2. The van der Waals surface area contributed by atoms with E-state index in [1.54, 1.807) is 4.90 Å². The van der Waals surface area contributed by atoms with Gasteiger partial charge in [-0.2, -0.15) is 0 Å². The molecule has 0 aromatic carbocycles. The van der Waals surface area contributed by atoms with Gasteiger partial charge in [0.1, 0.15) is 5.69 Å². The van der Waals surface area contributed by atoms with Crippen LogP contribution < -0.4 is 10.6 Å². The molecule has 3 amide bonds. The number of carbonyl (C=O) groups is 2.